The van der Waals surface area contributed by atoms with E-state index in [0.717, 1.165) is 10.8 Å². The molecule has 0 bridgehead atoms. The summed E-state index contributed by atoms with van der Waals surface area (Å²) in [6.07, 6.45) is -0.254. The number of carboxylic acids is 1. The quantitative estimate of drug-likeness (QED) is 0.732. The molecule has 3 aromatic rings. The zero-order chi connectivity index (χ0) is 19.0. The first-order valence-electron chi connectivity index (χ1n) is 8.42. The molecule has 0 unspecified atom stereocenters. The molecule has 4 rings (SSSR count). The maximum Gasteiger partial charge on any atom is 0.335 e. The van der Waals surface area contributed by atoms with Gasteiger partial charge in [-0.3, -0.25) is 0 Å². The van der Waals surface area contributed by atoms with E-state index in [1.54, 1.807) is 30.3 Å². The molecule has 0 atom stereocenters. The molecule has 1 N–H and O–H groups in total. The van der Waals surface area contributed by atoms with Crippen molar-refractivity contribution in [1.82, 2.24) is 4.31 Å². The van der Waals surface area contributed by atoms with Crippen molar-refractivity contribution < 1.29 is 23.1 Å². The molecule has 0 spiro atoms. The second-order valence-electron chi connectivity index (χ2n) is 6.40. The molecule has 0 aromatic heterocycles. The Morgan fingerprint density at radius 2 is 1.63 bits per heavy atom. The molecule has 1 heterocycles. The molecular formula is C20H17NO5S. The number of benzene rings is 3. The van der Waals surface area contributed by atoms with Crippen LogP contribution in [0.15, 0.2) is 71.6 Å². The summed E-state index contributed by atoms with van der Waals surface area (Å²) in [5.74, 6) is -0.481. The van der Waals surface area contributed by atoms with Crippen LogP contribution in [0.25, 0.3) is 10.8 Å². The summed E-state index contributed by atoms with van der Waals surface area (Å²) in [4.78, 5) is 11.1. The summed E-state index contributed by atoms with van der Waals surface area (Å²) in [6.45, 7) is 0.520. The molecule has 138 valence electrons. The van der Waals surface area contributed by atoms with Crippen LogP contribution in [0.1, 0.15) is 10.4 Å². The Labute approximate surface area is 156 Å². The van der Waals surface area contributed by atoms with Crippen LogP contribution in [0.2, 0.25) is 0 Å². The number of nitrogens with zero attached hydrogens (tertiary/aromatic N) is 1. The zero-order valence-corrected chi connectivity index (χ0v) is 15.1. The lowest BCUT2D eigenvalue weighted by atomic mass is 10.1. The topological polar surface area (TPSA) is 83.9 Å². The largest absolute Gasteiger partial charge is 0.488 e. The predicted molar refractivity (Wildman–Crippen MR) is 101 cm³/mol. The lowest BCUT2D eigenvalue weighted by molar-refractivity contribution is 0.0695. The van der Waals surface area contributed by atoms with Gasteiger partial charge in [0.2, 0.25) is 10.0 Å². The van der Waals surface area contributed by atoms with Gasteiger partial charge in [0, 0.05) is 0 Å². The first-order valence-corrected chi connectivity index (χ1v) is 9.86. The van der Waals surface area contributed by atoms with Gasteiger partial charge in [0.1, 0.15) is 11.9 Å². The highest BCUT2D eigenvalue weighted by molar-refractivity contribution is 7.89. The Balaban J connectivity index is 1.43. The first kappa shape index (κ1) is 17.5. The third-order valence-electron chi connectivity index (χ3n) is 4.58. The summed E-state index contributed by atoms with van der Waals surface area (Å²) >= 11 is 0. The van der Waals surface area contributed by atoms with E-state index in [1.165, 1.54) is 16.4 Å². The highest BCUT2D eigenvalue weighted by atomic mass is 32.2. The van der Waals surface area contributed by atoms with Gasteiger partial charge in [-0.1, -0.05) is 30.3 Å². The van der Waals surface area contributed by atoms with Crippen LogP contribution in [0.5, 0.6) is 5.75 Å². The minimum atomic E-state index is -3.56. The number of rotatable bonds is 5. The first-order chi connectivity index (χ1) is 12.9. The zero-order valence-electron chi connectivity index (χ0n) is 14.3. The van der Waals surface area contributed by atoms with Crippen LogP contribution in [0.3, 0.4) is 0 Å². The van der Waals surface area contributed by atoms with E-state index in [-0.39, 0.29) is 29.7 Å². The molecule has 0 saturated carbocycles. The van der Waals surface area contributed by atoms with E-state index in [4.69, 9.17) is 9.84 Å². The Morgan fingerprint density at radius 1 is 0.963 bits per heavy atom. The summed E-state index contributed by atoms with van der Waals surface area (Å²) in [6, 6.07) is 18.8. The molecule has 27 heavy (non-hydrogen) atoms. The standard InChI is InChI=1S/C20H17NO5S/c22-20(23)15-5-8-17(9-6-15)26-18-12-21(13-18)27(24,25)19-10-7-14-3-1-2-4-16(14)11-19/h1-11,18H,12-13H2,(H,22,23). The molecule has 0 radical (unpaired) electrons. The van der Waals surface area contributed by atoms with Gasteiger partial charge in [-0.05, 0) is 47.2 Å². The fourth-order valence-corrected chi connectivity index (χ4v) is 4.56. The number of fused-ring (bicyclic) bond motifs is 1. The van der Waals surface area contributed by atoms with E-state index in [9.17, 15) is 13.2 Å². The van der Waals surface area contributed by atoms with Crippen LogP contribution in [0.4, 0.5) is 0 Å². The van der Waals surface area contributed by atoms with Crippen molar-refractivity contribution in [2.24, 2.45) is 0 Å². The van der Waals surface area contributed by atoms with Crippen LogP contribution < -0.4 is 4.74 Å². The summed E-state index contributed by atoms with van der Waals surface area (Å²) < 4.78 is 32.7. The average Bonchev–Trinajstić information content (AvgIpc) is 2.64. The molecule has 1 saturated heterocycles. The number of aromatic carboxylic acids is 1. The highest BCUT2D eigenvalue weighted by Crippen LogP contribution is 2.27. The number of sulfonamides is 1. The van der Waals surface area contributed by atoms with Gasteiger partial charge in [-0.25, -0.2) is 13.2 Å². The van der Waals surface area contributed by atoms with Gasteiger partial charge < -0.3 is 9.84 Å². The molecule has 0 amide bonds. The number of ether oxygens (including phenoxy) is 1. The third kappa shape index (κ3) is 3.39. The van der Waals surface area contributed by atoms with Crippen LogP contribution >= 0.6 is 0 Å². The number of carbonyl (C=O) groups is 1. The van der Waals surface area contributed by atoms with Crippen molar-refractivity contribution in [3.63, 3.8) is 0 Å². The van der Waals surface area contributed by atoms with Crippen LogP contribution in [-0.2, 0) is 10.0 Å². The van der Waals surface area contributed by atoms with Crippen molar-refractivity contribution in [1.29, 1.82) is 0 Å². The van der Waals surface area contributed by atoms with Gasteiger partial charge in [0.25, 0.3) is 0 Å². The van der Waals surface area contributed by atoms with Crippen molar-refractivity contribution in [2.75, 3.05) is 13.1 Å². The molecule has 0 aliphatic carbocycles. The number of hydrogen-bond acceptors (Lipinski definition) is 4. The van der Waals surface area contributed by atoms with Gasteiger partial charge in [0.15, 0.2) is 0 Å². The van der Waals surface area contributed by atoms with Crippen molar-refractivity contribution in [2.45, 2.75) is 11.0 Å². The van der Waals surface area contributed by atoms with Gasteiger partial charge in [-0.15, -0.1) is 0 Å². The lowest BCUT2D eigenvalue weighted by Gasteiger charge is -2.37. The fourth-order valence-electron chi connectivity index (χ4n) is 3.02. The Hall–Kier alpha value is -2.90. The molecule has 6 nitrogen and oxygen atoms in total. The fraction of sp³-hybridized carbons (Fsp3) is 0.150. The van der Waals surface area contributed by atoms with Crippen molar-refractivity contribution in [3.8, 4) is 5.75 Å². The van der Waals surface area contributed by atoms with E-state index in [1.807, 2.05) is 24.3 Å². The van der Waals surface area contributed by atoms with Gasteiger partial charge >= 0.3 is 5.97 Å². The van der Waals surface area contributed by atoms with Crippen LogP contribution in [0, 0.1) is 0 Å². The van der Waals surface area contributed by atoms with E-state index < -0.39 is 16.0 Å². The monoisotopic (exact) mass is 383 g/mol. The molecule has 7 heteroatoms. The number of carboxylic acid groups (broad SMARTS) is 1. The second-order valence-corrected chi connectivity index (χ2v) is 8.34. The summed E-state index contributed by atoms with van der Waals surface area (Å²) in [5.41, 5.74) is 0.177. The maximum absolute atomic E-state index is 12.8. The lowest BCUT2D eigenvalue weighted by Crippen LogP contribution is -2.55. The smallest absolute Gasteiger partial charge is 0.335 e. The van der Waals surface area contributed by atoms with Gasteiger partial charge in [0.05, 0.1) is 23.5 Å². The minimum absolute atomic E-state index is 0.177. The van der Waals surface area contributed by atoms with Crippen molar-refractivity contribution in [3.05, 3.63) is 72.3 Å². The van der Waals surface area contributed by atoms with Gasteiger partial charge in [-0.2, -0.15) is 4.31 Å². The van der Waals surface area contributed by atoms with Crippen LogP contribution in [-0.4, -0.2) is 43.0 Å². The van der Waals surface area contributed by atoms with Crippen molar-refractivity contribution >= 4 is 26.8 Å². The molecule has 1 aliphatic rings. The summed E-state index contributed by atoms with van der Waals surface area (Å²) in [5, 5.41) is 10.8. The van der Waals surface area contributed by atoms with E-state index in [0.29, 0.717) is 5.75 Å². The Morgan fingerprint density at radius 3 is 2.30 bits per heavy atom. The Kier molecular flexibility index (Phi) is 4.33. The second kappa shape index (κ2) is 6.68. The third-order valence-corrected chi connectivity index (χ3v) is 6.40. The molecule has 1 fully saturated rings. The van der Waals surface area contributed by atoms with E-state index in [2.05, 4.69) is 0 Å². The molecule has 3 aromatic carbocycles. The predicted octanol–water partition coefficient (Wildman–Crippen LogP) is 2.99. The van der Waals surface area contributed by atoms with E-state index >= 15 is 0 Å². The highest BCUT2D eigenvalue weighted by Gasteiger charge is 2.38. The maximum atomic E-state index is 12.8. The molecule has 1 aliphatic heterocycles. The average molecular weight is 383 g/mol. The Bertz CT molecular complexity index is 1100. The normalized spacial score (nSPS) is 15.4. The minimum Gasteiger partial charge on any atom is -0.488 e. The SMILES string of the molecule is O=C(O)c1ccc(OC2CN(S(=O)(=O)c3ccc4ccccc4c3)C2)cc1. The summed E-state index contributed by atoms with van der Waals surface area (Å²) in [7, 11) is -3.56. The molecular weight excluding hydrogens is 366 g/mol. The number of hydrogen-bond donors (Lipinski definition) is 1.